The van der Waals surface area contributed by atoms with Crippen LogP contribution in [0.2, 0.25) is 0 Å². The molecule has 64 valence electrons. The number of hydrogen-bond donors (Lipinski definition) is 1. The Morgan fingerprint density at radius 3 is 3.00 bits per heavy atom. The molecule has 0 aliphatic heterocycles. The average molecular weight is 188 g/mol. The number of nitriles is 1. The lowest BCUT2D eigenvalue weighted by molar-refractivity contribution is 0.929. The van der Waals surface area contributed by atoms with Crippen molar-refractivity contribution in [3.63, 3.8) is 0 Å². The molecule has 0 fully saturated rings. The van der Waals surface area contributed by atoms with Crippen molar-refractivity contribution in [3.05, 3.63) is 35.2 Å². The highest BCUT2D eigenvalue weighted by Crippen LogP contribution is 2.23. The van der Waals surface area contributed by atoms with Crippen molar-refractivity contribution in [1.29, 1.82) is 5.26 Å². The fourth-order valence-electron chi connectivity index (χ4n) is 1.25. The van der Waals surface area contributed by atoms with Gasteiger partial charge in [-0.2, -0.15) is 5.26 Å². The van der Waals surface area contributed by atoms with E-state index in [0.717, 1.165) is 10.9 Å². The Morgan fingerprint density at radius 1 is 1.38 bits per heavy atom. The molecule has 3 heteroatoms. The molecule has 0 saturated heterocycles. The number of thiophene rings is 1. The summed E-state index contributed by atoms with van der Waals surface area (Å²) < 4.78 is 1.23. The van der Waals surface area contributed by atoms with Crippen LogP contribution in [0.4, 0.5) is 0 Å². The Balaban J connectivity index is 2.55. The van der Waals surface area contributed by atoms with Crippen LogP contribution in [0.25, 0.3) is 10.1 Å². The van der Waals surface area contributed by atoms with Crippen LogP contribution >= 0.6 is 11.3 Å². The summed E-state index contributed by atoms with van der Waals surface area (Å²) in [4.78, 5) is 0. The minimum atomic E-state index is -0.510. The van der Waals surface area contributed by atoms with E-state index in [1.54, 1.807) is 11.3 Å². The summed E-state index contributed by atoms with van der Waals surface area (Å²) in [5.74, 6) is 0. The molecule has 0 aliphatic carbocycles. The summed E-state index contributed by atoms with van der Waals surface area (Å²) in [5, 5.41) is 11.8. The monoisotopic (exact) mass is 188 g/mol. The molecule has 2 aromatic rings. The van der Waals surface area contributed by atoms with Gasteiger partial charge in [-0.25, -0.2) is 0 Å². The standard InChI is InChI=1S/C10H8N2S/c11-6-9(12)7-1-2-10-8(5-7)3-4-13-10/h1-5,9H,12H2. The number of rotatable bonds is 1. The van der Waals surface area contributed by atoms with Gasteiger partial charge in [0.2, 0.25) is 0 Å². The molecule has 0 spiro atoms. The van der Waals surface area contributed by atoms with Crippen LogP contribution in [0.3, 0.4) is 0 Å². The lowest BCUT2D eigenvalue weighted by atomic mass is 10.1. The molecular formula is C10H8N2S. The summed E-state index contributed by atoms with van der Waals surface area (Å²) in [7, 11) is 0. The van der Waals surface area contributed by atoms with Crippen molar-refractivity contribution in [2.24, 2.45) is 5.73 Å². The van der Waals surface area contributed by atoms with Gasteiger partial charge in [-0.05, 0) is 34.5 Å². The predicted molar refractivity (Wildman–Crippen MR) is 54.4 cm³/mol. The molecule has 13 heavy (non-hydrogen) atoms. The zero-order valence-corrected chi connectivity index (χ0v) is 7.71. The van der Waals surface area contributed by atoms with Crippen LogP contribution in [-0.4, -0.2) is 0 Å². The summed E-state index contributed by atoms with van der Waals surface area (Å²) in [6.07, 6.45) is 0. The molecule has 0 amide bonds. The number of benzene rings is 1. The molecule has 0 bridgehead atoms. The molecule has 2 rings (SSSR count). The predicted octanol–water partition coefficient (Wildman–Crippen LogP) is 2.42. The van der Waals surface area contributed by atoms with Crippen molar-refractivity contribution in [1.82, 2.24) is 0 Å². The highest BCUT2D eigenvalue weighted by molar-refractivity contribution is 7.17. The number of fused-ring (bicyclic) bond motifs is 1. The lowest BCUT2D eigenvalue weighted by Gasteiger charge is -2.01. The second-order valence-electron chi connectivity index (χ2n) is 2.82. The second kappa shape index (κ2) is 3.17. The smallest absolute Gasteiger partial charge is 0.118 e. The van der Waals surface area contributed by atoms with Gasteiger partial charge in [-0.1, -0.05) is 6.07 Å². The van der Waals surface area contributed by atoms with Crippen molar-refractivity contribution in [2.75, 3.05) is 0 Å². The Morgan fingerprint density at radius 2 is 2.23 bits per heavy atom. The van der Waals surface area contributed by atoms with Crippen molar-refractivity contribution in [2.45, 2.75) is 6.04 Å². The first-order chi connectivity index (χ1) is 6.31. The van der Waals surface area contributed by atoms with Crippen LogP contribution in [0.5, 0.6) is 0 Å². The molecule has 1 atom stereocenters. The van der Waals surface area contributed by atoms with Gasteiger partial charge in [0.25, 0.3) is 0 Å². The minimum Gasteiger partial charge on any atom is -0.312 e. The zero-order chi connectivity index (χ0) is 9.26. The minimum absolute atomic E-state index is 0.510. The van der Waals surface area contributed by atoms with Crippen LogP contribution < -0.4 is 5.73 Å². The first-order valence-electron chi connectivity index (χ1n) is 3.93. The molecule has 1 heterocycles. The molecule has 1 unspecified atom stereocenters. The Labute approximate surface area is 80.2 Å². The Bertz CT molecular complexity index is 467. The van der Waals surface area contributed by atoms with E-state index in [1.165, 1.54) is 4.70 Å². The van der Waals surface area contributed by atoms with Gasteiger partial charge >= 0.3 is 0 Å². The Kier molecular flexibility index (Phi) is 2.01. The van der Waals surface area contributed by atoms with E-state index in [4.69, 9.17) is 11.0 Å². The largest absolute Gasteiger partial charge is 0.312 e. The normalized spacial score (nSPS) is 12.6. The van der Waals surface area contributed by atoms with Crippen LogP contribution in [0.15, 0.2) is 29.6 Å². The quantitative estimate of drug-likeness (QED) is 0.747. The second-order valence-corrected chi connectivity index (χ2v) is 3.77. The maximum Gasteiger partial charge on any atom is 0.118 e. The van der Waals surface area contributed by atoms with E-state index >= 15 is 0 Å². The number of nitrogens with two attached hydrogens (primary N) is 1. The van der Waals surface area contributed by atoms with Gasteiger partial charge in [-0.15, -0.1) is 11.3 Å². The van der Waals surface area contributed by atoms with E-state index in [2.05, 4.69) is 0 Å². The van der Waals surface area contributed by atoms with Crippen molar-refractivity contribution in [3.8, 4) is 6.07 Å². The lowest BCUT2D eigenvalue weighted by Crippen LogP contribution is -2.06. The summed E-state index contributed by atoms with van der Waals surface area (Å²) >= 11 is 1.69. The molecule has 2 nitrogen and oxygen atoms in total. The van der Waals surface area contributed by atoms with Crippen molar-refractivity contribution < 1.29 is 0 Å². The van der Waals surface area contributed by atoms with E-state index in [0.29, 0.717) is 0 Å². The SMILES string of the molecule is N#CC(N)c1ccc2sccc2c1. The van der Waals surface area contributed by atoms with Gasteiger partial charge in [0.15, 0.2) is 0 Å². The molecule has 1 aromatic heterocycles. The van der Waals surface area contributed by atoms with Gasteiger partial charge in [0, 0.05) is 4.70 Å². The third-order valence-electron chi connectivity index (χ3n) is 1.97. The molecule has 2 N–H and O–H groups in total. The molecule has 1 aromatic carbocycles. The Hall–Kier alpha value is -1.37. The van der Waals surface area contributed by atoms with Crippen molar-refractivity contribution >= 4 is 21.4 Å². The highest BCUT2D eigenvalue weighted by Gasteiger charge is 2.04. The van der Waals surface area contributed by atoms with Gasteiger partial charge in [0.1, 0.15) is 6.04 Å². The molecule has 0 saturated carbocycles. The van der Waals surface area contributed by atoms with E-state index in [9.17, 15) is 0 Å². The summed E-state index contributed by atoms with van der Waals surface area (Å²) in [6.45, 7) is 0. The zero-order valence-electron chi connectivity index (χ0n) is 6.90. The van der Waals surface area contributed by atoms with Crippen LogP contribution in [0.1, 0.15) is 11.6 Å². The molecule has 0 radical (unpaired) electrons. The van der Waals surface area contributed by atoms with E-state index in [-0.39, 0.29) is 0 Å². The third-order valence-corrected chi connectivity index (χ3v) is 2.87. The number of hydrogen-bond acceptors (Lipinski definition) is 3. The van der Waals surface area contributed by atoms with Crippen LogP contribution in [0, 0.1) is 11.3 Å². The number of nitrogens with zero attached hydrogens (tertiary/aromatic N) is 1. The summed E-state index contributed by atoms with van der Waals surface area (Å²) in [5.41, 5.74) is 6.48. The van der Waals surface area contributed by atoms with Gasteiger partial charge < -0.3 is 5.73 Å². The topological polar surface area (TPSA) is 49.8 Å². The fraction of sp³-hybridized carbons (Fsp3) is 0.100. The third kappa shape index (κ3) is 1.42. The summed E-state index contributed by atoms with van der Waals surface area (Å²) in [6, 6.07) is 9.43. The first kappa shape index (κ1) is 8.24. The highest BCUT2D eigenvalue weighted by atomic mass is 32.1. The van der Waals surface area contributed by atoms with E-state index in [1.807, 2.05) is 35.7 Å². The van der Waals surface area contributed by atoms with Gasteiger partial charge in [0.05, 0.1) is 6.07 Å². The average Bonchev–Trinajstić information content (AvgIpc) is 2.63. The molecule has 0 aliphatic rings. The molecular weight excluding hydrogens is 180 g/mol. The fourth-order valence-corrected chi connectivity index (χ4v) is 2.02. The maximum atomic E-state index is 8.64. The van der Waals surface area contributed by atoms with E-state index < -0.39 is 6.04 Å². The van der Waals surface area contributed by atoms with Gasteiger partial charge in [-0.3, -0.25) is 0 Å². The maximum absolute atomic E-state index is 8.64. The first-order valence-corrected chi connectivity index (χ1v) is 4.81. The van der Waals surface area contributed by atoms with Crippen LogP contribution in [-0.2, 0) is 0 Å².